The average Bonchev–Trinajstić information content (AvgIpc) is 3.32. The number of aromatic nitrogens is 3. The van der Waals surface area contributed by atoms with Crippen LogP contribution in [0.25, 0.3) is 11.4 Å². The minimum Gasteiger partial charge on any atom is -0.372 e. The fourth-order valence-corrected chi connectivity index (χ4v) is 3.16. The Morgan fingerprint density at radius 3 is 2.69 bits per heavy atom. The summed E-state index contributed by atoms with van der Waals surface area (Å²) in [6, 6.07) is 18.7. The molecule has 0 atom stereocenters. The van der Waals surface area contributed by atoms with Crippen molar-refractivity contribution in [3.05, 3.63) is 66.5 Å². The maximum absolute atomic E-state index is 4.32. The van der Waals surface area contributed by atoms with E-state index in [1.165, 1.54) is 12.0 Å². The van der Waals surface area contributed by atoms with Crippen LogP contribution in [0.5, 0.6) is 0 Å². The SMILES string of the molecule is CCN(CCCNC(=NC)NCc1cccc(-c2ncn[nH]2)c1)c1ccccc1. The first-order valence-corrected chi connectivity index (χ1v) is 9.99. The van der Waals surface area contributed by atoms with E-state index in [1.54, 1.807) is 7.05 Å². The number of para-hydroxylation sites is 1. The number of guanidine groups is 1. The van der Waals surface area contributed by atoms with Gasteiger partial charge in [0.15, 0.2) is 11.8 Å². The molecule has 3 N–H and O–H groups in total. The van der Waals surface area contributed by atoms with Crippen molar-refractivity contribution in [3.8, 4) is 11.4 Å². The molecule has 152 valence electrons. The van der Waals surface area contributed by atoms with Crippen molar-refractivity contribution < 1.29 is 0 Å². The molecule has 7 nitrogen and oxygen atoms in total. The molecule has 7 heteroatoms. The fraction of sp³-hybridized carbons (Fsp3) is 0.318. The molecule has 0 radical (unpaired) electrons. The molecule has 0 bridgehead atoms. The van der Waals surface area contributed by atoms with Gasteiger partial charge in [-0.25, -0.2) is 4.98 Å². The van der Waals surface area contributed by atoms with Gasteiger partial charge in [0, 0.05) is 44.5 Å². The number of rotatable bonds is 9. The molecule has 1 aromatic heterocycles. The van der Waals surface area contributed by atoms with Gasteiger partial charge in [0.05, 0.1) is 0 Å². The summed E-state index contributed by atoms with van der Waals surface area (Å²) in [7, 11) is 1.79. The Balaban J connectivity index is 1.43. The van der Waals surface area contributed by atoms with E-state index in [9.17, 15) is 0 Å². The largest absolute Gasteiger partial charge is 0.372 e. The van der Waals surface area contributed by atoms with Gasteiger partial charge in [0.2, 0.25) is 0 Å². The van der Waals surface area contributed by atoms with Gasteiger partial charge in [0.25, 0.3) is 0 Å². The van der Waals surface area contributed by atoms with Crippen LogP contribution < -0.4 is 15.5 Å². The molecule has 0 saturated heterocycles. The third-order valence-electron chi connectivity index (χ3n) is 4.70. The van der Waals surface area contributed by atoms with Gasteiger partial charge < -0.3 is 15.5 Å². The van der Waals surface area contributed by atoms with Crippen LogP contribution in [0.3, 0.4) is 0 Å². The van der Waals surface area contributed by atoms with Crippen molar-refractivity contribution >= 4 is 11.6 Å². The molecule has 1 heterocycles. The Labute approximate surface area is 172 Å². The number of H-pyrrole nitrogens is 1. The van der Waals surface area contributed by atoms with E-state index in [2.05, 4.69) is 85.1 Å². The smallest absolute Gasteiger partial charge is 0.191 e. The predicted octanol–water partition coefficient (Wildman–Crippen LogP) is 3.05. The minimum absolute atomic E-state index is 0.687. The van der Waals surface area contributed by atoms with Gasteiger partial charge in [-0.05, 0) is 37.1 Å². The van der Waals surface area contributed by atoms with Crippen LogP contribution in [-0.4, -0.2) is 47.8 Å². The van der Waals surface area contributed by atoms with E-state index in [0.717, 1.165) is 49.0 Å². The van der Waals surface area contributed by atoms with Gasteiger partial charge in [0.1, 0.15) is 6.33 Å². The summed E-state index contributed by atoms with van der Waals surface area (Å²) >= 11 is 0. The second-order valence-electron chi connectivity index (χ2n) is 6.66. The number of nitrogens with zero attached hydrogens (tertiary/aromatic N) is 4. The van der Waals surface area contributed by atoms with Crippen LogP contribution in [0.2, 0.25) is 0 Å². The average molecular weight is 392 g/mol. The van der Waals surface area contributed by atoms with Crippen molar-refractivity contribution in [1.82, 2.24) is 25.8 Å². The number of hydrogen-bond donors (Lipinski definition) is 3. The molecule has 0 saturated carbocycles. The standard InChI is InChI=1S/C22H29N7/c1-3-29(20-11-5-4-6-12-20)14-8-13-24-22(23-2)25-16-18-9-7-10-19(15-18)21-26-17-27-28-21/h4-7,9-12,15,17H,3,8,13-14,16H2,1-2H3,(H2,23,24,25)(H,26,27,28). The molecule has 0 amide bonds. The summed E-state index contributed by atoms with van der Waals surface area (Å²) in [5, 5.41) is 13.6. The van der Waals surface area contributed by atoms with E-state index in [1.807, 2.05) is 12.1 Å². The van der Waals surface area contributed by atoms with Crippen molar-refractivity contribution in [2.24, 2.45) is 4.99 Å². The van der Waals surface area contributed by atoms with Gasteiger partial charge in [-0.3, -0.25) is 10.1 Å². The molecular formula is C22H29N7. The molecule has 0 unspecified atom stereocenters. The molecule has 0 aliphatic rings. The Bertz CT molecular complexity index is 875. The molecule has 0 fully saturated rings. The Kier molecular flexibility index (Phi) is 7.63. The van der Waals surface area contributed by atoms with Crippen LogP contribution in [0, 0.1) is 0 Å². The van der Waals surface area contributed by atoms with Gasteiger partial charge in [-0.1, -0.05) is 36.4 Å². The Hall–Kier alpha value is -3.35. The third kappa shape index (κ3) is 6.07. The summed E-state index contributed by atoms with van der Waals surface area (Å²) in [5.74, 6) is 1.58. The summed E-state index contributed by atoms with van der Waals surface area (Å²) in [4.78, 5) is 10.9. The zero-order chi connectivity index (χ0) is 20.3. The van der Waals surface area contributed by atoms with E-state index in [-0.39, 0.29) is 0 Å². The first kappa shape index (κ1) is 20.4. The van der Waals surface area contributed by atoms with E-state index < -0.39 is 0 Å². The quantitative estimate of drug-likeness (QED) is 0.297. The maximum Gasteiger partial charge on any atom is 0.191 e. The van der Waals surface area contributed by atoms with Crippen molar-refractivity contribution in [2.45, 2.75) is 19.9 Å². The van der Waals surface area contributed by atoms with E-state index in [0.29, 0.717) is 6.54 Å². The van der Waals surface area contributed by atoms with Gasteiger partial charge in [-0.2, -0.15) is 5.10 Å². The molecular weight excluding hydrogens is 362 g/mol. The molecule has 3 aromatic rings. The van der Waals surface area contributed by atoms with Crippen LogP contribution in [0.1, 0.15) is 18.9 Å². The summed E-state index contributed by atoms with van der Waals surface area (Å²) in [6.07, 6.45) is 2.55. The topological polar surface area (TPSA) is 81.2 Å². The first-order chi connectivity index (χ1) is 14.3. The van der Waals surface area contributed by atoms with Crippen LogP contribution in [-0.2, 0) is 6.54 Å². The highest BCUT2D eigenvalue weighted by Crippen LogP contribution is 2.15. The monoisotopic (exact) mass is 391 g/mol. The van der Waals surface area contributed by atoms with Crippen LogP contribution in [0.15, 0.2) is 65.9 Å². The van der Waals surface area contributed by atoms with E-state index >= 15 is 0 Å². The summed E-state index contributed by atoms with van der Waals surface area (Å²) in [5.41, 5.74) is 3.44. The first-order valence-electron chi connectivity index (χ1n) is 9.99. The Morgan fingerprint density at radius 1 is 1.10 bits per heavy atom. The second kappa shape index (κ2) is 10.8. The minimum atomic E-state index is 0.687. The third-order valence-corrected chi connectivity index (χ3v) is 4.70. The zero-order valence-electron chi connectivity index (χ0n) is 17.1. The number of nitrogens with one attached hydrogen (secondary N) is 3. The molecule has 0 aliphatic heterocycles. The molecule has 0 spiro atoms. The van der Waals surface area contributed by atoms with E-state index in [4.69, 9.17) is 0 Å². The molecule has 2 aromatic carbocycles. The van der Waals surface area contributed by atoms with Gasteiger partial charge in [-0.15, -0.1) is 0 Å². The van der Waals surface area contributed by atoms with Crippen molar-refractivity contribution in [1.29, 1.82) is 0 Å². The molecule has 0 aliphatic carbocycles. The number of aliphatic imine (C=N–C) groups is 1. The lowest BCUT2D eigenvalue weighted by molar-refractivity contribution is 0.708. The van der Waals surface area contributed by atoms with Crippen LogP contribution in [0.4, 0.5) is 5.69 Å². The maximum atomic E-state index is 4.32. The normalized spacial score (nSPS) is 11.3. The summed E-state index contributed by atoms with van der Waals surface area (Å²) in [6.45, 7) is 5.74. The fourth-order valence-electron chi connectivity index (χ4n) is 3.16. The lowest BCUT2D eigenvalue weighted by atomic mass is 10.1. The zero-order valence-corrected chi connectivity index (χ0v) is 17.1. The summed E-state index contributed by atoms with van der Waals surface area (Å²) < 4.78 is 0. The predicted molar refractivity (Wildman–Crippen MR) is 119 cm³/mol. The number of hydrogen-bond acceptors (Lipinski definition) is 4. The van der Waals surface area contributed by atoms with Crippen molar-refractivity contribution in [2.75, 3.05) is 31.6 Å². The molecule has 3 rings (SSSR count). The van der Waals surface area contributed by atoms with Crippen LogP contribution >= 0.6 is 0 Å². The lowest BCUT2D eigenvalue weighted by Crippen LogP contribution is -2.38. The number of benzene rings is 2. The second-order valence-corrected chi connectivity index (χ2v) is 6.66. The molecule has 29 heavy (non-hydrogen) atoms. The highest BCUT2D eigenvalue weighted by atomic mass is 15.2. The highest BCUT2D eigenvalue weighted by molar-refractivity contribution is 5.79. The van der Waals surface area contributed by atoms with Crippen molar-refractivity contribution in [3.63, 3.8) is 0 Å². The number of anilines is 1. The Morgan fingerprint density at radius 2 is 1.97 bits per heavy atom. The number of aromatic amines is 1. The lowest BCUT2D eigenvalue weighted by Gasteiger charge is -2.23. The highest BCUT2D eigenvalue weighted by Gasteiger charge is 2.05. The van der Waals surface area contributed by atoms with Gasteiger partial charge >= 0.3 is 0 Å².